The molecule has 1 heterocycles. The molecule has 2 rings (SSSR count). The van der Waals surface area contributed by atoms with Crippen molar-refractivity contribution in [2.75, 3.05) is 13.7 Å². The van der Waals surface area contributed by atoms with Crippen LogP contribution in [0, 0.1) is 0 Å². The number of methoxy groups -OCH3 is 1. The second-order valence-electron chi connectivity index (χ2n) is 5.38. The van der Waals surface area contributed by atoms with Crippen LogP contribution in [0.3, 0.4) is 0 Å². The maximum atomic E-state index is 10.1. The summed E-state index contributed by atoms with van der Waals surface area (Å²) in [7, 11) is 1.62. The van der Waals surface area contributed by atoms with Gasteiger partial charge >= 0.3 is 0 Å². The molecule has 1 N–H and O–H groups in total. The number of rotatable bonds is 4. The lowest BCUT2D eigenvalue weighted by molar-refractivity contribution is 0.184. The fourth-order valence-electron chi connectivity index (χ4n) is 2.93. The monoisotopic (exact) mass is 263 g/mol. The van der Waals surface area contributed by atoms with Crippen LogP contribution in [-0.4, -0.2) is 29.7 Å². The maximum Gasteiger partial charge on any atom is 0.123 e. The molecule has 1 fully saturated rings. The number of nitrogens with zero attached hydrogens (tertiary/aromatic N) is 1. The molecule has 19 heavy (non-hydrogen) atoms. The molecule has 1 aliphatic heterocycles. The molecule has 1 aromatic rings. The van der Waals surface area contributed by atoms with Gasteiger partial charge in [-0.2, -0.15) is 0 Å². The summed E-state index contributed by atoms with van der Waals surface area (Å²) in [4.78, 5) is 2.52. The highest BCUT2D eigenvalue weighted by Crippen LogP contribution is 2.27. The largest absolute Gasteiger partial charge is 0.507 e. The van der Waals surface area contributed by atoms with Gasteiger partial charge in [0.2, 0.25) is 0 Å². The van der Waals surface area contributed by atoms with Gasteiger partial charge in [-0.15, -0.1) is 0 Å². The van der Waals surface area contributed by atoms with Gasteiger partial charge in [0.15, 0.2) is 0 Å². The van der Waals surface area contributed by atoms with Crippen LogP contribution < -0.4 is 4.74 Å². The van der Waals surface area contributed by atoms with Gasteiger partial charge in [0, 0.05) is 24.2 Å². The van der Waals surface area contributed by atoms with Crippen LogP contribution in [0.2, 0.25) is 0 Å². The number of hydrogen-bond donors (Lipinski definition) is 1. The van der Waals surface area contributed by atoms with E-state index in [9.17, 15) is 5.11 Å². The number of aromatic hydroxyl groups is 1. The molecule has 1 atom stereocenters. The van der Waals surface area contributed by atoms with Gasteiger partial charge in [0.1, 0.15) is 11.5 Å². The van der Waals surface area contributed by atoms with Gasteiger partial charge < -0.3 is 9.84 Å². The molecule has 0 aromatic heterocycles. The van der Waals surface area contributed by atoms with Gasteiger partial charge in [-0.1, -0.05) is 25.8 Å². The van der Waals surface area contributed by atoms with Gasteiger partial charge in [0.05, 0.1) is 7.11 Å². The molecule has 0 saturated carbocycles. The van der Waals surface area contributed by atoms with Crippen molar-refractivity contribution in [3.8, 4) is 11.5 Å². The Hall–Kier alpha value is -1.22. The number of hydrogen-bond acceptors (Lipinski definition) is 3. The molecule has 0 spiro atoms. The Labute approximate surface area is 116 Å². The van der Waals surface area contributed by atoms with E-state index in [4.69, 9.17) is 4.74 Å². The zero-order valence-corrected chi connectivity index (χ0v) is 12.1. The van der Waals surface area contributed by atoms with Crippen LogP contribution in [-0.2, 0) is 6.54 Å². The van der Waals surface area contributed by atoms with Crippen LogP contribution in [0.15, 0.2) is 18.2 Å². The minimum atomic E-state index is 0.346. The quantitative estimate of drug-likeness (QED) is 0.901. The van der Waals surface area contributed by atoms with Crippen LogP contribution in [0.5, 0.6) is 11.5 Å². The van der Waals surface area contributed by atoms with Crippen molar-refractivity contribution in [3.05, 3.63) is 23.8 Å². The molecule has 1 aromatic carbocycles. The number of phenolic OH excluding ortho intramolecular Hbond substituents is 1. The Kier molecular flexibility index (Phi) is 5.08. The van der Waals surface area contributed by atoms with E-state index in [0.717, 1.165) is 18.7 Å². The molecule has 0 radical (unpaired) electrons. The zero-order chi connectivity index (χ0) is 13.7. The summed E-state index contributed by atoms with van der Waals surface area (Å²) in [6, 6.07) is 6.26. The van der Waals surface area contributed by atoms with Crippen molar-refractivity contribution in [1.29, 1.82) is 0 Å². The summed E-state index contributed by atoms with van der Waals surface area (Å²) >= 11 is 0. The second kappa shape index (κ2) is 6.80. The molecule has 3 nitrogen and oxygen atoms in total. The van der Waals surface area contributed by atoms with Crippen molar-refractivity contribution < 1.29 is 9.84 Å². The minimum Gasteiger partial charge on any atom is -0.507 e. The van der Waals surface area contributed by atoms with E-state index in [2.05, 4.69) is 11.8 Å². The molecule has 106 valence electrons. The van der Waals surface area contributed by atoms with Crippen molar-refractivity contribution in [2.24, 2.45) is 0 Å². The third-order valence-electron chi connectivity index (χ3n) is 4.14. The molecular weight excluding hydrogens is 238 g/mol. The van der Waals surface area contributed by atoms with E-state index < -0.39 is 0 Å². The summed E-state index contributed by atoms with van der Waals surface area (Å²) in [6.07, 6.45) is 6.42. The van der Waals surface area contributed by atoms with Gasteiger partial charge in [-0.25, -0.2) is 0 Å². The van der Waals surface area contributed by atoms with Crippen LogP contribution >= 0.6 is 0 Å². The summed E-state index contributed by atoms with van der Waals surface area (Å²) < 4.78 is 5.13. The van der Waals surface area contributed by atoms with E-state index in [0.29, 0.717) is 17.5 Å². The Balaban J connectivity index is 2.09. The van der Waals surface area contributed by atoms with Gasteiger partial charge in [-0.3, -0.25) is 4.90 Å². The molecule has 0 aliphatic carbocycles. The highest BCUT2D eigenvalue weighted by Gasteiger charge is 2.20. The predicted octanol–water partition coefficient (Wildman–Crippen LogP) is 3.56. The smallest absolute Gasteiger partial charge is 0.123 e. The molecule has 3 heteroatoms. The van der Waals surface area contributed by atoms with Crippen LogP contribution in [0.4, 0.5) is 0 Å². The Morgan fingerprint density at radius 1 is 1.32 bits per heavy atom. The number of likely N-dealkylation sites (tertiary alicyclic amines) is 1. The molecule has 1 saturated heterocycles. The lowest BCUT2D eigenvalue weighted by Gasteiger charge is -2.29. The first-order valence-electron chi connectivity index (χ1n) is 7.34. The van der Waals surface area contributed by atoms with Crippen molar-refractivity contribution >= 4 is 0 Å². The highest BCUT2D eigenvalue weighted by molar-refractivity contribution is 5.39. The summed E-state index contributed by atoms with van der Waals surface area (Å²) in [5, 5.41) is 10.1. The zero-order valence-electron chi connectivity index (χ0n) is 12.1. The summed E-state index contributed by atoms with van der Waals surface area (Å²) in [5.41, 5.74) is 1.00. The fourth-order valence-corrected chi connectivity index (χ4v) is 2.93. The molecule has 1 aliphatic rings. The normalized spacial score (nSPS) is 21.1. The van der Waals surface area contributed by atoms with E-state index in [1.54, 1.807) is 13.2 Å². The average Bonchev–Trinajstić information content (AvgIpc) is 2.66. The fraction of sp³-hybridized carbons (Fsp3) is 0.625. The first-order chi connectivity index (χ1) is 9.24. The molecule has 1 unspecified atom stereocenters. The average molecular weight is 263 g/mol. The van der Waals surface area contributed by atoms with Crippen LogP contribution in [0.1, 0.15) is 44.6 Å². The van der Waals surface area contributed by atoms with E-state index in [1.807, 2.05) is 12.1 Å². The summed E-state index contributed by atoms with van der Waals surface area (Å²) in [5.74, 6) is 1.06. The minimum absolute atomic E-state index is 0.346. The van der Waals surface area contributed by atoms with E-state index >= 15 is 0 Å². The molecular formula is C16H25NO2. The van der Waals surface area contributed by atoms with E-state index in [1.165, 1.54) is 32.1 Å². The number of phenols is 1. The molecule has 0 amide bonds. The third-order valence-corrected chi connectivity index (χ3v) is 4.14. The third kappa shape index (κ3) is 3.63. The SMILES string of the molecule is CCC1CCCCCN1Cc1ccc(OC)cc1O. The van der Waals surface area contributed by atoms with Gasteiger partial charge in [-0.05, 0) is 31.9 Å². The summed E-state index contributed by atoms with van der Waals surface area (Å²) in [6.45, 7) is 4.25. The highest BCUT2D eigenvalue weighted by atomic mass is 16.5. The predicted molar refractivity (Wildman–Crippen MR) is 77.6 cm³/mol. The lowest BCUT2D eigenvalue weighted by Crippen LogP contribution is -2.33. The van der Waals surface area contributed by atoms with Crippen molar-refractivity contribution in [3.63, 3.8) is 0 Å². The lowest BCUT2D eigenvalue weighted by atomic mass is 10.1. The number of ether oxygens (including phenoxy) is 1. The Morgan fingerprint density at radius 2 is 2.16 bits per heavy atom. The van der Waals surface area contributed by atoms with Crippen molar-refractivity contribution in [2.45, 2.75) is 51.6 Å². The Bertz CT molecular complexity index is 406. The molecule has 0 bridgehead atoms. The standard InChI is InChI=1S/C16H25NO2/c1-3-14-7-5-4-6-10-17(14)12-13-8-9-15(19-2)11-16(13)18/h8-9,11,14,18H,3-7,10,12H2,1-2H3. The Morgan fingerprint density at radius 3 is 2.84 bits per heavy atom. The topological polar surface area (TPSA) is 32.7 Å². The van der Waals surface area contributed by atoms with Crippen LogP contribution in [0.25, 0.3) is 0 Å². The van der Waals surface area contributed by atoms with E-state index in [-0.39, 0.29) is 0 Å². The first-order valence-corrected chi connectivity index (χ1v) is 7.34. The maximum absolute atomic E-state index is 10.1. The first kappa shape index (κ1) is 14.2. The van der Waals surface area contributed by atoms with Crippen molar-refractivity contribution in [1.82, 2.24) is 4.90 Å². The van der Waals surface area contributed by atoms with Gasteiger partial charge in [0.25, 0.3) is 0 Å². The second-order valence-corrected chi connectivity index (χ2v) is 5.38. The number of benzene rings is 1.